The van der Waals surface area contributed by atoms with Crippen molar-refractivity contribution in [3.8, 4) is 0 Å². The molecule has 1 heterocycles. The summed E-state index contributed by atoms with van der Waals surface area (Å²) in [6.07, 6.45) is 0. The van der Waals surface area contributed by atoms with E-state index in [0.717, 1.165) is 17.1 Å². The van der Waals surface area contributed by atoms with Gasteiger partial charge in [-0.05, 0) is 30.3 Å². The van der Waals surface area contributed by atoms with E-state index < -0.39 is 0 Å². The zero-order valence-electron chi connectivity index (χ0n) is 13.9. The van der Waals surface area contributed by atoms with Crippen molar-refractivity contribution in [1.82, 2.24) is 0 Å². The molecule has 4 N–H and O–H groups in total. The topological polar surface area (TPSA) is 64.8 Å². The van der Waals surface area contributed by atoms with Gasteiger partial charge in [-0.2, -0.15) is 0 Å². The molecule has 0 atom stereocenters. The van der Waals surface area contributed by atoms with Crippen LogP contribution >= 0.6 is 11.8 Å². The Morgan fingerprint density at radius 2 is 1.55 bits per heavy atom. The molecule has 5 heteroatoms. The SMILES string of the molecule is CC.CC.CONc1ccc2c(c1)Sc1ccccc1N2.O. The predicted molar refractivity (Wildman–Crippen MR) is 97.2 cm³/mol. The number of anilines is 3. The van der Waals surface area contributed by atoms with Crippen LogP contribution in [0.15, 0.2) is 52.3 Å². The van der Waals surface area contributed by atoms with Gasteiger partial charge in [-0.25, -0.2) is 0 Å². The molecule has 0 aromatic heterocycles. The minimum Gasteiger partial charge on any atom is -0.412 e. The third-order valence-corrected chi connectivity index (χ3v) is 3.71. The van der Waals surface area contributed by atoms with Crippen LogP contribution in [0.5, 0.6) is 0 Å². The molecule has 3 rings (SSSR count). The second kappa shape index (κ2) is 11.0. The lowest BCUT2D eigenvalue weighted by Gasteiger charge is -2.21. The lowest BCUT2D eigenvalue weighted by molar-refractivity contribution is 0.271. The maximum absolute atomic E-state index is 4.91. The van der Waals surface area contributed by atoms with E-state index in [0.29, 0.717) is 0 Å². The van der Waals surface area contributed by atoms with Crippen molar-refractivity contribution in [3.05, 3.63) is 42.5 Å². The van der Waals surface area contributed by atoms with Gasteiger partial charge in [-0.1, -0.05) is 51.6 Å². The van der Waals surface area contributed by atoms with Gasteiger partial charge in [0.05, 0.1) is 24.2 Å². The Hall–Kier alpha value is -1.69. The molecule has 2 aromatic rings. The number of hydrogen-bond donors (Lipinski definition) is 2. The van der Waals surface area contributed by atoms with Crippen molar-refractivity contribution in [1.29, 1.82) is 0 Å². The highest BCUT2D eigenvalue weighted by atomic mass is 32.2. The average molecular weight is 322 g/mol. The number of benzene rings is 2. The molecule has 1 aliphatic rings. The van der Waals surface area contributed by atoms with Crippen molar-refractivity contribution in [2.75, 3.05) is 17.9 Å². The van der Waals surface area contributed by atoms with Gasteiger partial charge in [-0.15, -0.1) is 0 Å². The van der Waals surface area contributed by atoms with Crippen LogP contribution in [-0.2, 0) is 4.84 Å². The predicted octanol–water partition coefficient (Wildman–Crippen LogP) is 5.10. The highest BCUT2D eigenvalue weighted by Crippen LogP contribution is 2.44. The van der Waals surface area contributed by atoms with Crippen LogP contribution in [0.1, 0.15) is 27.7 Å². The summed E-state index contributed by atoms with van der Waals surface area (Å²) in [7, 11) is 1.61. The molecule has 0 unspecified atom stereocenters. The van der Waals surface area contributed by atoms with E-state index in [9.17, 15) is 0 Å². The van der Waals surface area contributed by atoms with Crippen LogP contribution in [0, 0.1) is 0 Å². The fraction of sp³-hybridized carbons (Fsp3) is 0.294. The maximum Gasteiger partial charge on any atom is 0.0636 e. The first-order chi connectivity index (χ1) is 10.4. The molecule has 2 aromatic carbocycles. The van der Waals surface area contributed by atoms with Gasteiger partial charge in [0.2, 0.25) is 0 Å². The standard InChI is InChI=1S/C13H12N2OS.2C2H6.H2O/c1-16-15-9-6-7-11-13(8-9)17-12-5-3-2-4-10(12)14-11;2*1-2;/h2-8,14-15H,1H3;2*1-2H3;1H2. The summed E-state index contributed by atoms with van der Waals surface area (Å²) < 4.78 is 0. The summed E-state index contributed by atoms with van der Waals surface area (Å²) >= 11 is 1.76. The first kappa shape index (κ1) is 20.3. The van der Waals surface area contributed by atoms with E-state index in [-0.39, 0.29) is 5.48 Å². The molecule has 0 saturated heterocycles. The summed E-state index contributed by atoms with van der Waals surface area (Å²) in [5, 5.41) is 3.42. The molecular formula is C17H26N2O2S. The van der Waals surface area contributed by atoms with Crippen molar-refractivity contribution in [3.63, 3.8) is 0 Å². The Bertz CT molecular complexity index is 562. The van der Waals surface area contributed by atoms with Crippen molar-refractivity contribution in [2.24, 2.45) is 0 Å². The van der Waals surface area contributed by atoms with Crippen LogP contribution in [-0.4, -0.2) is 12.6 Å². The van der Waals surface area contributed by atoms with Crippen LogP contribution in [0.25, 0.3) is 0 Å². The van der Waals surface area contributed by atoms with Gasteiger partial charge in [0, 0.05) is 9.79 Å². The molecule has 0 aliphatic carbocycles. The van der Waals surface area contributed by atoms with Crippen LogP contribution < -0.4 is 10.8 Å². The third-order valence-electron chi connectivity index (χ3n) is 2.58. The smallest absolute Gasteiger partial charge is 0.0636 e. The molecule has 22 heavy (non-hydrogen) atoms. The third kappa shape index (κ3) is 4.94. The zero-order chi connectivity index (χ0) is 15.7. The summed E-state index contributed by atoms with van der Waals surface area (Å²) in [4.78, 5) is 7.35. The lowest BCUT2D eigenvalue weighted by atomic mass is 10.2. The normalized spacial score (nSPS) is 10.0. The van der Waals surface area contributed by atoms with E-state index >= 15 is 0 Å². The van der Waals surface area contributed by atoms with Gasteiger partial charge >= 0.3 is 0 Å². The van der Waals surface area contributed by atoms with Crippen molar-refractivity contribution < 1.29 is 10.3 Å². The Balaban J connectivity index is 0.000000819. The van der Waals surface area contributed by atoms with Gasteiger partial charge in [0.15, 0.2) is 0 Å². The molecule has 1 aliphatic heterocycles. The molecule has 0 saturated carbocycles. The Morgan fingerprint density at radius 3 is 2.23 bits per heavy atom. The van der Waals surface area contributed by atoms with Gasteiger partial charge in [0.1, 0.15) is 0 Å². The number of fused-ring (bicyclic) bond motifs is 2. The number of nitrogens with one attached hydrogen (secondary N) is 2. The van der Waals surface area contributed by atoms with Crippen molar-refractivity contribution in [2.45, 2.75) is 37.5 Å². The molecule has 0 fully saturated rings. The molecule has 0 radical (unpaired) electrons. The quantitative estimate of drug-likeness (QED) is 0.645. The number of rotatable bonds is 2. The fourth-order valence-electron chi connectivity index (χ4n) is 1.81. The summed E-state index contributed by atoms with van der Waals surface area (Å²) in [6.45, 7) is 8.00. The molecule has 122 valence electrons. The molecule has 0 spiro atoms. The minimum absolute atomic E-state index is 0. The van der Waals surface area contributed by atoms with E-state index in [4.69, 9.17) is 4.84 Å². The van der Waals surface area contributed by atoms with E-state index in [1.807, 2.05) is 39.8 Å². The molecule has 0 amide bonds. The second-order valence-corrected chi connectivity index (χ2v) is 4.82. The fourth-order valence-corrected chi connectivity index (χ4v) is 2.84. The van der Waals surface area contributed by atoms with Crippen LogP contribution in [0.2, 0.25) is 0 Å². The highest BCUT2D eigenvalue weighted by molar-refractivity contribution is 7.99. The number of hydrogen-bond acceptors (Lipinski definition) is 4. The molecule has 0 bridgehead atoms. The van der Waals surface area contributed by atoms with Crippen LogP contribution in [0.4, 0.5) is 17.1 Å². The highest BCUT2D eigenvalue weighted by Gasteiger charge is 2.15. The second-order valence-electron chi connectivity index (χ2n) is 3.74. The zero-order valence-corrected chi connectivity index (χ0v) is 14.7. The van der Waals surface area contributed by atoms with E-state index in [1.54, 1.807) is 18.9 Å². The van der Waals surface area contributed by atoms with Crippen molar-refractivity contribution >= 4 is 28.8 Å². The average Bonchev–Trinajstić information content (AvgIpc) is 2.57. The molecule has 4 nitrogen and oxygen atoms in total. The maximum atomic E-state index is 4.91. The van der Waals surface area contributed by atoms with Gasteiger partial charge < -0.3 is 10.8 Å². The minimum atomic E-state index is 0. The molecular weight excluding hydrogens is 296 g/mol. The van der Waals surface area contributed by atoms with Gasteiger partial charge in [0.25, 0.3) is 0 Å². The number of para-hydroxylation sites is 1. The Morgan fingerprint density at radius 1 is 0.909 bits per heavy atom. The summed E-state index contributed by atoms with van der Waals surface area (Å²) in [6, 6.07) is 14.4. The lowest BCUT2D eigenvalue weighted by Crippen LogP contribution is -2.01. The summed E-state index contributed by atoms with van der Waals surface area (Å²) in [5.74, 6) is 0. The van der Waals surface area contributed by atoms with E-state index in [2.05, 4.69) is 41.1 Å². The first-order valence-corrected chi connectivity index (χ1v) is 8.15. The van der Waals surface area contributed by atoms with E-state index in [1.165, 1.54) is 9.79 Å². The Kier molecular flexibility index (Phi) is 10.1. The Labute approximate surface area is 137 Å². The first-order valence-electron chi connectivity index (χ1n) is 7.34. The largest absolute Gasteiger partial charge is 0.412 e. The monoisotopic (exact) mass is 322 g/mol. The summed E-state index contributed by atoms with van der Waals surface area (Å²) in [5.41, 5.74) is 6.10. The van der Waals surface area contributed by atoms with Gasteiger partial charge in [-0.3, -0.25) is 10.3 Å². The van der Waals surface area contributed by atoms with Crippen LogP contribution in [0.3, 0.4) is 0 Å².